The van der Waals surface area contributed by atoms with Crippen LogP contribution >= 0.6 is 0 Å². The number of carbonyl (C=O) groups is 1. The largest absolute Gasteiger partial charge is 0.294 e. The van der Waals surface area contributed by atoms with Gasteiger partial charge in [0.05, 0.1) is 11.8 Å². The monoisotopic (exact) mass is 170 g/mol. The Kier molecular flexibility index (Phi) is 2.58. The van der Waals surface area contributed by atoms with Crippen molar-refractivity contribution < 1.29 is 9.18 Å². The molecule has 1 heterocycles. The van der Waals surface area contributed by atoms with Crippen molar-refractivity contribution in [3.05, 3.63) is 17.7 Å². The third kappa shape index (κ3) is 1.52. The zero-order valence-corrected chi connectivity index (χ0v) is 7.17. The van der Waals surface area contributed by atoms with Crippen LogP contribution in [0.3, 0.4) is 0 Å². The lowest BCUT2D eigenvalue weighted by Crippen LogP contribution is -2.04. The fourth-order valence-corrected chi connectivity index (χ4v) is 0.974. The molecule has 0 fully saturated rings. The van der Waals surface area contributed by atoms with E-state index < -0.39 is 5.95 Å². The second-order valence-corrected chi connectivity index (χ2v) is 2.63. The molecule has 0 spiro atoms. The summed E-state index contributed by atoms with van der Waals surface area (Å²) in [6, 6.07) is 0. The number of aromatic nitrogens is 2. The fourth-order valence-electron chi connectivity index (χ4n) is 0.974. The van der Waals surface area contributed by atoms with Gasteiger partial charge in [0.2, 0.25) is 5.95 Å². The van der Waals surface area contributed by atoms with E-state index in [4.69, 9.17) is 0 Å². The van der Waals surface area contributed by atoms with Gasteiger partial charge in [-0.15, -0.1) is 0 Å². The Morgan fingerprint density at radius 3 is 2.83 bits per heavy atom. The van der Waals surface area contributed by atoms with Crippen LogP contribution in [0.1, 0.15) is 30.6 Å². The molecule has 0 saturated heterocycles. The topological polar surface area (TPSA) is 34.9 Å². The van der Waals surface area contributed by atoms with Crippen LogP contribution in [-0.2, 0) is 6.54 Å². The zero-order valence-electron chi connectivity index (χ0n) is 7.17. The van der Waals surface area contributed by atoms with Crippen LogP contribution < -0.4 is 0 Å². The lowest BCUT2D eigenvalue weighted by Gasteiger charge is -1.97. The van der Waals surface area contributed by atoms with Gasteiger partial charge in [0.15, 0.2) is 5.78 Å². The van der Waals surface area contributed by atoms with Gasteiger partial charge >= 0.3 is 0 Å². The van der Waals surface area contributed by atoms with E-state index in [-0.39, 0.29) is 11.3 Å². The molecule has 66 valence electrons. The van der Waals surface area contributed by atoms with E-state index in [2.05, 4.69) is 5.10 Å². The van der Waals surface area contributed by atoms with Gasteiger partial charge in [-0.05, 0) is 13.3 Å². The molecule has 0 radical (unpaired) electrons. The van der Waals surface area contributed by atoms with Crippen LogP contribution in [0.2, 0.25) is 0 Å². The molecule has 0 N–H and O–H groups in total. The van der Waals surface area contributed by atoms with E-state index in [1.807, 2.05) is 6.92 Å². The Labute approximate surface area is 70.2 Å². The number of hydrogen-bond donors (Lipinski definition) is 0. The minimum atomic E-state index is -0.524. The molecule has 1 aromatic heterocycles. The third-order valence-corrected chi connectivity index (χ3v) is 1.59. The number of halogens is 1. The van der Waals surface area contributed by atoms with Crippen molar-refractivity contribution in [1.82, 2.24) is 9.78 Å². The van der Waals surface area contributed by atoms with E-state index in [1.165, 1.54) is 17.8 Å². The van der Waals surface area contributed by atoms with Gasteiger partial charge < -0.3 is 0 Å². The number of rotatable bonds is 3. The minimum Gasteiger partial charge on any atom is -0.294 e. The first kappa shape index (κ1) is 8.90. The maximum atomic E-state index is 13.1. The van der Waals surface area contributed by atoms with Crippen LogP contribution in [-0.4, -0.2) is 15.6 Å². The molecule has 12 heavy (non-hydrogen) atoms. The van der Waals surface area contributed by atoms with Crippen LogP contribution in [0.4, 0.5) is 4.39 Å². The lowest BCUT2D eigenvalue weighted by atomic mass is 10.2. The number of nitrogens with zero attached hydrogens (tertiary/aromatic N) is 2. The Morgan fingerprint density at radius 1 is 1.75 bits per heavy atom. The maximum absolute atomic E-state index is 13.1. The van der Waals surface area contributed by atoms with Crippen molar-refractivity contribution >= 4 is 5.78 Å². The number of aryl methyl sites for hydroxylation is 1. The zero-order chi connectivity index (χ0) is 9.14. The SMILES string of the molecule is CCCn1ncc(C(C)=O)c1F. The smallest absolute Gasteiger partial charge is 0.222 e. The van der Waals surface area contributed by atoms with Gasteiger partial charge in [0.1, 0.15) is 0 Å². The van der Waals surface area contributed by atoms with Gasteiger partial charge in [0, 0.05) is 6.54 Å². The molecule has 3 nitrogen and oxygen atoms in total. The summed E-state index contributed by atoms with van der Waals surface area (Å²) in [5, 5.41) is 3.75. The highest BCUT2D eigenvalue weighted by molar-refractivity contribution is 5.93. The summed E-state index contributed by atoms with van der Waals surface area (Å²) < 4.78 is 14.4. The van der Waals surface area contributed by atoms with Gasteiger partial charge in [-0.2, -0.15) is 9.49 Å². The first-order valence-electron chi connectivity index (χ1n) is 3.89. The van der Waals surface area contributed by atoms with E-state index >= 15 is 0 Å². The summed E-state index contributed by atoms with van der Waals surface area (Å²) in [4.78, 5) is 10.8. The van der Waals surface area contributed by atoms with E-state index in [9.17, 15) is 9.18 Å². The van der Waals surface area contributed by atoms with Crippen molar-refractivity contribution in [3.8, 4) is 0 Å². The van der Waals surface area contributed by atoms with Crippen molar-refractivity contribution in [2.24, 2.45) is 0 Å². The predicted octanol–water partition coefficient (Wildman–Crippen LogP) is 1.63. The van der Waals surface area contributed by atoms with Crippen LogP contribution in [0.15, 0.2) is 6.20 Å². The van der Waals surface area contributed by atoms with Crippen LogP contribution in [0.5, 0.6) is 0 Å². The molecular formula is C8H11FN2O. The molecular weight excluding hydrogens is 159 g/mol. The summed E-state index contributed by atoms with van der Waals surface area (Å²) in [6.07, 6.45) is 2.07. The average molecular weight is 170 g/mol. The highest BCUT2D eigenvalue weighted by Gasteiger charge is 2.12. The average Bonchev–Trinajstić information content (AvgIpc) is 2.34. The van der Waals surface area contributed by atoms with Gasteiger partial charge in [0.25, 0.3) is 0 Å². The standard InChI is InChI=1S/C8H11FN2O/c1-3-4-11-8(9)7(5-10-11)6(2)12/h5H,3-4H2,1-2H3. The Morgan fingerprint density at radius 2 is 2.42 bits per heavy atom. The molecule has 0 atom stereocenters. The summed E-state index contributed by atoms with van der Waals surface area (Å²) in [5.41, 5.74) is 0.0726. The van der Waals surface area contributed by atoms with Gasteiger partial charge in [-0.3, -0.25) is 4.79 Å². The molecule has 0 unspecified atom stereocenters. The molecule has 0 aliphatic carbocycles. The number of hydrogen-bond acceptors (Lipinski definition) is 2. The van der Waals surface area contributed by atoms with E-state index in [0.29, 0.717) is 6.54 Å². The number of ketones is 1. The van der Waals surface area contributed by atoms with Crippen molar-refractivity contribution in [1.29, 1.82) is 0 Å². The number of carbonyl (C=O) groups excluding carboxylic acids is 1. The Balaban J connectivity index is 2.96. The molecule has 0 aromatic carbocycles. The Hall–Kier alpha value is -1.19. The second-order valence-electron chi connectivity index (χ2n) is 2.63. The van der Waals surface area contributed by atoms with Crippen molar-refractivity contribution in [2.45, 2.75) is 26.8 Å². The molecule has 0 aliphatic rings. The summed E-state index contributed by atoms with van der Waals surface area (Å²) in [5.74, 6) is -0.806. The molecule has 0 bridgehead atoms. The van der Waals surface area contributed by atoms with Crippen molar-refractivity contribution in [3.63, 3.8) is 0 Å². The first-order valence-corrected chi connectivity index (χ1v) is 3.89. The highest BCUT2D eigenvalue weighted by Crippen LogP contribution is 2.07. The van der Waals surface area contributed by atoms with Crippen molar-refractivity contribution in [2.75, 3.05) is 0 Å². The van der Waals surface area contributed by atoms with Gasteiger partial charge in [-0.1, -0.05) is 6.92 Å². The number of Topliss-reactive ketones (excluding diaryl/α,β-unsaturated/α-hetero) is 1. The lowest BCUT2D eigenvalue weighted by molar-refractivity contribution is 0.101. The third-order valence-electron chi connectivity index (χ3n) is 1.59. The summed E-state index contributed by atoms with van der Waals surface area (Å²) in [6.45, 7) is 3.77. The normalized spacial score (nSPS) is 10.2. The predicted molar refractivity (Wildman–Crippen MR) is 42.5 cm³/mol. The van der Waals surface area contributed by atoms with Crippen LogP contribution in [0.25, 0.3) is 0 Å². The molecule has 0 saturated carbocycles. The first-order chi connectivity index (χ1) is 5.66. The second kappa shape index (κ2) is 3.47. The Bertz CT molecular complexity index is 293. The maximum Gasteiger partial charge on any atom is 0.222 e. The molecule has 4 heteroatoms. The van der Waals surface area contributed by atoms with E-state index in [0.717, 1.165) is 6.42 Å². The summed E-state index contributed by atoms with van der Waals surface area (Å²) in [7, 11) is 0. The quantitative estimate of drug-likeness (QED) is 0.646. The molecule has 1 aromatic rings. The minimum absolute atomic E-state index is 0.0726. The molecule has 1 rings (SSSR count). The van der Waals surface area contributed by atoms with Gasteiger partial charge in [-0.25, -0.2) is 4.68 Å². The molecule has 0 amide bonds. The van der Waals surface area contributed by atoms with E-state index in [1.54, 1.807) is 0 Å². The summed E-state index contributed by atoms with van der Waals surface area (Å²) >= 11 is 0. The fraction of sp³-hybridized carbons (Fsp3) is 0.500. The van der Waals surface area contributed by atoms with Crippen LogP contribution in [0, 0.1) is 5.95 Å². The molecule has 0 aliphatic heterocycles. The highest BCUT2D eigenvalue weighted by atomic mass is 19.1.